The molecule has 0 radical (unpaired) electrons. The van der Waals surface area contributed by atoms with Crippen molar-refractivity contribution in [1.29, 1.82) is 0 Å². The van der Waals surface area contributed by atoms with E-state index in [-0.39, 0.29) is 30.7 Å². The average molecular weight is 457 g/mol. The van der Waals surface area contributed by atoms with Gasteiger partial charge in [-0.05, 0) is 29.8 Å². The Hall–Kier alpha value is -2.73. The Balaban J connectivity index is 0.00000136. The lowest BCUT2D eigenvalue weighted by atomic mass is 10.1. The van der Waals surface area contributed by atoms with Crippen LogP contribution in [0.4, 0.5) is 22.7 Å². The van der Waals surface area contributed by atoms with Crippen LogP contribution in [0.2, 0.25) is 0 Å². The molecule has 1 saturated heterocycles. The molecule has 1 fully saturated rings. The minimum Gasteiger partial charge on any atom is -0.367 e. The van der Waals surface area contributed by atoms with Gasteiger partial charge in [0, 0.05) is 26.2 Å². The van der Waals surface area contributed by atoms with Crippen molar-refractivity contribution in [2.24, 2.45) is 0 Å². The summed E-state index contributed by atoms with van der Waals surface area (Å²) in [5.74, 6) is 0.0262. The molecular formula is C24H26Cl2N4O. The lowest BCUT2D eigenvalue weighted by molar-refractivity contribution is 0.0986. The van der Waals surface area contributed by atoms with E-state index >= 15 is 0 Å². The summed E-state index contributed by atoms with van der Waals surface area (Å²) < 4.78 is 0. The van der Waals surface area contributed by atoms with E-state index in [9.17, 15) is 4.79 Å². The molecule has 0 aliphatic carbocycles. The molecule has 0 saturated carbocycles. The van der Waals surface area contributed by atoms with Crippen molar-refractivity contribution < 1.29 is 4.79 Å². The van der Waals surface area contributed by atoms with Crippen LogP contribution in [0, 0.1) is 0 Å². The lowest BCUT2D eigenvalue weighted by Gasteiger charge is -2.31. The van der Waals surface area contributed by atoms with Crippen LogP contribution < -0.4 is 20.4 Å². The maximum absolute atomic E-state index is 13.7. The van der Waals surface area contributed by atoms with E-state index in [1.807, 2.05) is 59.5 Å². The number of rotatable bonds is 3. The fraction of sp³-hybridized carbons (Fsp3) is 0.208. The SMILES string of the molecule is Cl.Cl.O=C1c2cccc(N3CCNCC3)c2Nc2ccccc2N1Cc1ccccc1. The number of piperazine rings is 1. The smallest absolute Gasteiger partial charge is 0.260 e. The highest BCUT2D eigenvalue weighted by atomic mass is 35.5. The largest absolute Gasteiger partial charge is 0.367 e. The van der Waals surface area contributed by atoms with Crippen molar-refractivity contribution in [3.05, 3.63) is 83.9 Å². The Morgan fingerprint density at radius 3 is 2.23 bits per heavy atom. The van der Waals surface area contributed by atoms with Gasteiger partial charge in [-0.15, -0.1) is 24.8 Å². The molecule has 31 heavy (non-hydrogen) atoms. The summed E-state index contributed by atoms with van der Waals surface area (Å²) >= 11 is 0. The third-order valence-corrected chi connectivity index (χ3v) is 5.61. The summed E-state index contributed by atoms with van der Waals surface area (Å²) in [6.45, 7) is 4.31. The van der Waals surface area contributed by atoms with Crippen LogP contribution in [-0.2, 0) is 6.54 Å². The molecule has 1 amide bonds. The van der Waals surface area contributed by atoms with Crippen molar-refractivity contribution in [2.75, 3.05) is 41.3 Å². The molecule has 2 N–H and O–H groups in total. The zero-order valence-electron chi connectivity index (χ0n) is 17.1. The Kier molecular flexibility index (Phi) is 7.44. The zero-order chi connectivity index (χ0) is 19.6. The fourth-order valence-corrected chi connectivity index (χ4v) is 4.15. The zero-order valence-corrected chi connectivity index (χ0v) is 18.7. The van der Waals surface area contributed by atoms with Gasteiger partial charge in [0.05, 0.1) is 34.9 Å². The van der Waals surface area contributed by atoms with Crippen molar-refractivity contribution in [1.82, 2.24) is 5.32 Å². The third kappa shape index (κ3) is 4.49. The molecule has 0 spiro atoms. The number of nitrogens with one attached hydrogen (secondary N) is 2. The molecule has 2 aliphatic rings. The number of carbonyl (C=O) groups excluding carboxylic acids is 1. The van der Waals surface area contributed by atoms with E-state index in [1.54, 1.807) is 0 Å². The molecule has 0 aromatic heterocycles. The number of halogens is 2. The van der Waals surface area contributed by atoms with Gasteiger partial charge in [-0.3, -0.25) is 4.79 Å². The summed E-state index contributed by atoms with van der Waals surface area (Å²) in [6, 6.07) is 24.2. The number of fused-ring (bicyclic) bond motifs is 2. The molecule has 3 aromatic carbocycles. The number of carbonyl (C=O) groups is 1. The molecule has 162 valence electrons. The summed E-state index contributed by atoms with van der Waals surface area (Å²) in [5.41, 5.74) is 5.68. The standard InChI is InChI=1S/C24H24N4O.2ClH/c29-24-19-9-6-12-22(27-15-13-25-14-16-27)23(19)26-20-10-4-5-11-21(20)28(24)17-18-7-2-1-3-8-18;;/h1-12,25-26H,13-17H2;2*1H. The topological polar surface area (TPSA) is 47.6 Å². The minimum absolute atomic E-state index is 0. The molecule has 2 heterocycles. The number of hydrogen-bond donors (Lipinski definition) is 2. The molecular weight excluding hydrogens is 431 g/mol. The molecule has 2 aliphatic heterocycles. The fourth-order valence-electron chi connectivity index (χ4n) is 4.15. The van der Waals surface area contributed by atoms with Gasteiger partial charge in [0.1, 0.15) is 0 Å². The van der Waals surface area contributed by atoms with E-state index in [2.05, 4.69) is 33.7 Å². The number of para-hydroxylation sites is 3. The molecule has 0 atom stereocenters. The van der Waals surface area contributed by atoms with Gasteiger partial charge in [-0.1, -0.05) is 48.5 Å². The normalized spacial score (nSPS) is 14.9. The van der Waals surface area contributed by atoms with Crippen molar-refractivity contribution in [2.45, 2.75) is 6.54 Å². The number of amides is 1. The second-order valence-electron chi connectivity index (χ2n) is 7.46. The monoisotopic (exact) mass is 456 g/mol. The Labute approximate surface area is 195 Å². The second kappa shape index (κ2) is 10.1. The number of benzene rings is 3. The van der Waals surface area contributed by atoms with E-state index in [0.29, 0.717) is 12.1 Å². The van der Waals surface area contributed by atoms with E-state index in [0.717, 1.165) is 54.5 Å². The van der Waals surface area contributed by atoms with E-state index in [1.165, 1.54) is 0 Å². The molecule has 7 heteroatoms. The quantitative estimate of drug-likeness (QED) is 0.591. The summed E-state index contributed by atoms with van der Waals surface area (Å²) in [5, 5.41) is 6.99. The maximum Gasteiger partial charge on any atom is 0.260 e. The van der Waals surface area contributed by atoms with Crippen LogP contribution in [0.5, 0.6) is 0 Å². The highest BCUT2D eigenvalue weighted by molar-refractivity contribution is 6.15. The molecule has 0 unspecified atom stereocenters. The first kappa shape index (κ1) is 22.9. The number of anilines is 4. The van der Waals surface area contributed by atoms with Crippen molar-refractivity contribution in [3.63, 3.8) is 0 Å². The third-order valence-electron chi connectivity index (χ3n) is 5.61. The Bertz CT molecular complexity index is 1040. The van der Waals surface area contributed by atoms with Gasteiger partial charge in [0.25, 0.3) is 5.91 Å². The van der Waals surface area contributed by atoms with Gasteiger partial charge < -0.3 is 20.4 Å². The van der Waals surface area contributed by atoms with Crippen LogP contribution in [0.15, 0.2) is 72.8 Å². The van der Waals surface area contributed by atoms with Gasteiger partial charge >= 0.3 is 0 Å². The summed E-state index contributed by atoms with van der Waals surface area (Å²) in [6.07, 6.45) is 0. The predicted octanol–water partition coefficient (Wildman–Crippen LogP) is 4.84. The van der Waals surface area contributed by atoms with E-state index in [4.69, 9.17) is 0 Å². The van der Waals surface area contributed by atoms with Crippen LogP contribution in [0.25, 0.3) is 0 Å². The van der Waals surface area contributed by atoms with Gasteiger partial charge in [0.15, 0.2) is 0 Å². The van der Waals surface area contributed by atoms with Gasteiger partial charge in [-0.25, -0.2) is 0 Å². The summed E-state index contributed by atoms with van der Waals surface area (Å²) in [4.78, 5) is 17.9. The van der Waals surface area contributed by atoms with Crippen molar-refractivity contribution in [3.8, 4) is 0 Å². The van der Waals surface area contributed by atoms with Crippen LogP contribution in [0.3, 0.4) is 0 Å². The lowest BCUT2D eigenvalue weighted by Crippen LogP contribution is -2.43. The van der Waals surface area contributed by atoms with Crippen LogP contribution in [-0.4, -0.2) is 32.1 Å². The van der Waals surface area contributed by atoms with Crippen LogP contribution in [0.1, 0.15) is 15.9 Å². The van der Waals surface area contributed by atoms with Crippen LogP contribution >= 0.6 is 24.8 Å². The number of hydrogen-bond acceptors (Lipinski definition) is 4. The summed E-state index contributed by atoms with van der Waals surface area (Å²) in [7, 11) is 0. The van der Waals surface area contributed by atoms with Gasteiger partial charge in [-0.2, -0.15) is 0 Å². The van der Waals surface area contributed by atoms with Gasteiger partial charge in [0.2, 0.25) is 0 Å². The number of nitrogens with zero attached hydrogens (tertiary/aromatic N) is 2. The highest BCUT2D eigenvalue weighted by Crippen LogP contribution is 2.40. The first-order valence-corrected chi connectivity index (χ1v) is 10.1. The second-order valence-corrected chi connectivity index (χ2v) is 7.46. The first-order chi connectivity index (χ1) is 14.3. The highest BCUT2D eigenvalue weighted by Gasteiger charge is 2.29. The van der Waals surface area contributed by atoms with E-state index < -0.39 is 0 Å². The van der Waals surface area contributed by atoms with Crippen molar-refractivity contribution >= 4 is 53.5 Å². The molecule has 0 bridgehead atoms. The minimum atomic E-state index is 0. The molecule has 3 aromatic rings. The predicted molar refractivity (Wildman–Crippen MR) is 133 cm³/mol. The Morgan fingerprint density at radius 2 is 1.45 bits per heavy atom. The Morgan fingerprint density at radius 1 is 0.774 bits per heavy atom. The average Bonchev–Trinajstić information content (AvgIpc) is 2.90. The molecule has 5 nitrogen and oxygen atoms in total. The maximum atomic E-state index is 13.7. The molecule has 5 rings (SSSR count). The first-order valence-electron chi connectivity index (χ1n) is 10.1.